The minimum Gasteiger partial charge on any atom is -0.396 e. The molecule has 0 heterocycles. The van der Waals surface area contributed by atoms with Crippen LogP contribution in [0.15, 0.2) is 29.2 Å². The van der Waals surface area contributed by atoms with Crippen LogP contribution in [-0.2, 0) is 10.1 Å². The smallest absolute Gasteiger partial charge is 0.294 e. The lowest BCUT2D eigenvalue weighted by Crippen LogP contribution is -1.96. The lowest BCUT2D eigenvalue weighted by molar-refractivity contribution is 0.282. The number of hydrogen-bond donors (Lipinski definition) is 2. The van der Waals surface area contributed by atoms with Crippen molar-refractivity contribution in [3.05, 3.63) is 29.8 Å². The van der Waals surface area contributed by atoms with E-state index in [-0.39, 0.29) is 4.90 Å². The summed E-state index contributed by atoms with van der Waals surface area (Å²) in [5.41, 5.74) is 0.956. The molecule has 0 saturated heterocycles. The highest BCUT2D eigenvalue weighted by atomic mass is 32.2. The Labute approximate surface area is 160 Å². The number of benzene rings is 1. The Bertz CT molecular complexity index is 511. The molecule has 152 valence electrons. The number of aliphatic hydroxyl groups excluding tert-OH is 1. The first kappa shape index (κ1) is 25.1. The number of aliphatic hydroxyl groups is 1. The van der Waals surface area contributed by atoms with Crippen molar-refractivity contribution in [1.82, 2.24) is 0 Å². The number of aryl methyl sites for hydroxylation is 1. The van der Waals surface area contributed by atoms with Gasteiger partial charge >= 0.3 is 0 Å². The molecule has 26 heavy (non-hydrogen) atoms. The van der Waals surface area contributed by atoms with Gasteiger partial charge in [-0.2, -0.15) is 8.42 Å². The van der Waals surface area contributed by atoms with Crippen LogP contribution < -0.4 is 0 Å². The summed E-state index contributed by atoms with van der Waals surface area (Å²) in [6.07, 6.45) is 16.2. The Morgan fingerprint density at radius 3 is 1.46 bits per heavy atom. The summed E-state index contributed by atoms with van der Waals surface area (Å²) in [5.74, 6) is 0. The van der Waals surface area contributed by atoms with Crippen molar-refractivity contribution in [2.24, 2.45) is 0 Å². The van der Waals surface area contributed by atoms with Gasteiger partial charge in [0.1, 0.15) is 0 Å². The van der Waals surface area contributed by atoms with Crippen molar-refractivity contribution in [3.8, 4) is 0 Å². The first-order chi connectivity index (χ1) is 12.4. The van der Waals surface area contributed by atoms with Gasteiger partial charge in [-0.05, 0) is 25.5 Å². The summed E-state index contributed by atoms with van der Waals surface area (Å²) in [6.45, 7) is 4.48. The largest absolute Gasteiger partial charge is 0.396 e. The van der Waals surface area contributed by atoms with Crippen molar-refractivity contribution in [2.45, 2.75) is 95.8 Å². The second-order valence-corrected chi connectivity index (χ2v) is 8.32. The summed E-state index contributed by atoms with van der Waals surface area (Å²) >= 11 is 0. The molecule has 2 N–H and O–H groups in total. The van der Waals surface area contributed by atoms with Gasteiger partial charge in [0.15, 0.2) is 0 Å². The molecule has 0 aliphatic rings. The maximum Gasteiger partial charge on any atom is 0.294 e. The van der Waals surface area contributed by atoms with Crippen molar-refractivity contribution >= 4 is 10.1 Å². The van der Waals surface area contributed by atoms with Gasteiger partial charge < -0.3 is 5.11 Å². The van der Waals surface area contributed by atoms with Gasteiger partial charge in [0.2, 0.25) is 0 Å². The molecule has 0 aliphatic carbocycles. The third kappa shape index (κ3) is 15.4. The minimum atomic E-state index is -4.02. The molecule has 0 spiro atoms. The zero-order valence-electron chi connectivity index (χ0n) is 16.6. The van der Waals surface area contributed by atoms with Crippen molar-refractivity contribution in [1.29, 1.82) is 0 Å². The van der Waals surface area contributed by atoms with E-state index in [9.17, 15) is 8.42 Å². The molecule has 1 rings (SSSR count). The van der Waals surface area contributed by atoms with E-state index in [4.69, 9.17) is 9.66 Å². The fraction of sp³-hybridized carbons (Fsp3) is 0.714. The first-order valence-electron chi connectivity index (χ1n) is 10.1. The predicted molar refractivity (Wildman–Crippen MR) is 109 cm³/mol. The third-order valence-corrected chi connectivity index (χ3v) is 5.20. The molecule has 0 radical (unpaired) electrons. The van der Waals surface area contributed by atoms with Crippen LogP contribution in [0.5, 0.6) is 0 Å². The highest BCUT2D eigenvalue weighted by Crippen LogP contribution is 2.11. The fourth-order valence-electron chi connectivity index (χ4n) is 2.66. The summed E-state index contributed by atoms with van der Waals surface area (Å²) in [5, 5.41) is 8.61. The van der Waals surface area contributed by atoms with Crippen LogP contribution in [0.25, 0.3) is 0 Å². The molecule has 5 heteroatoms. The fourth-order valence-corrected chi connectivity index (χ4v) is 3.14. The second kappa shape index (κ2) is 16.3. The molecular weight excluding hydrogens is 348 g/mol. The normalized spacial score (nSPS) is 11.1. The van der Waals surface area contributed by atoms with E-state index in [0.717, 1.165) is 12.0 Å². The molecule has 1 aromatic carbocycles. The molecule has 0 atom stereocenters. The van der Waals surface area contributed by atoms with Gasteiger partial charge in [0.05, 0.1) is 4.90 Å². The number of rotatable bonds is 13. The molecule has 0 bridgehead atoms. The lowest BCUT2D eigenvalue weighted by Gasteiger charge is -2.01. The van der Waals surface area contributed by atoms with Gasteiger partial charge in [-0.15, -0.1) is 0 Å². The molecule has 0 aliphatic heterocycles. The topological polar surface area (TPSA) is 74.6 Å². The van der Waals surface area contributed by atoms with E-state index in [0.29, 0.717) is 6.61 Å². The quantitative estimate of drug-likeness (QED) is 0.326. The van der Waals surface area contributed by atoms with E-state index < -0.39 is 10.1 Å². The van der Waals surface area contributed by atoms with Gasteiger partial charge in [-0.3, -0.25) is 4.55 Å². The minimum absolute atomic E-state index is 0.0666. The summed E-state index contributed by atoms with van der Waals surface area (Å²) < 4.78 is 29.6. The van der Waals surface area contributed by atoms with Crippen LogP contribution in [0.2, 0.25) is 0 Å². The van der Waals surface area contributed by atoms with Crippen molar-refractivity contribution in [3.63, 3.8) is 0 Å². The monoisotopic (exact) mass is 386 g/mol. The predicted octanol–water partition coefficient (Wildman–Crippen LogP) is 5.92. The van der Waals surface area contributed by atoms with Crippen LogP contribution in [0.3, 0.4) is 0 Å². The van der Waals surface area contributed by atoms with Gasteiger partial charge in [0.25, 0.3) is 10.1 Å². The molecule has 0 saturated carbocycles. The molecule has 4 nitrogen and oxygen atoms in total. The van der Waals surface area contributed by atoms with E-state index in [1.165, 1.54) is 82.8 Å². The maximum atomic E-state index is 10.5. The van der Waals surface area contributed by atoms with Crippen LogP contribution >= 0.6 is 0 Å². The third-order valence-electron chi connectivity index (χ3n) is 4.33. The highest BCUT2D eigenvalue weighted by molar-refractivity contribution is 7.85. The van der Waals surface area contributed by atoms with E-state index in [1.54, 1.807) is 12.1 Å². The molecule has 1 aromatic rings. The van der Waals surface area contributed by atoms with Crippen LogP contribution in [0.1, 0.15) is 89.5 Å². The van der Waals surface area contributed by atoms with E-state index in [2.05, 4.69) is 6.92 Å². The lowest BCUT2D eigenvalue weighted by atomic mass is 10.1. The van der Waals surface area contributed by atoms with Crippen LogP contribution in [0.4, 0.5) is 0 Å². The summed E-state index contributed by atoms with van der Waals surface area (Å²) in [7, 11) is -4.02. The Morgan fingerprint density at radius 2 is 1.12 bits per heavy atom. The van der Waals surface area contributed by atoms with Crippen LogP contribution in [0, 0.1) is 6.92 Å². The number of unbranched alkanes of at least 4 members (excludes halogenated alkanes) is 11. The van der Waals surface area contributed by atoms with Gasteiger partial charge in [0, 0.05) is 6.61 Å². The average molecular weight is 387 g/mol. The van der Waals surface area contributed by atoms with Crippen LogP contribution in [-0.4, -0.2) is 24.7 Å². The van der Waals surface area contributed by atoms with Gasteiger partial charge in [-0.1, -0.05) is 95.2 Å². The first-order valence-corrected chi connectivity index (χ1v) is 11.5. The molecular formula is C21H38O4S. The Kier molecular flexibility index (Phi) is 15.7. The Balaban J connectivity index is 0.000000502. The molecule has 0 fully saturated rings. The number of hydrogen-bond acceptors (Lipinski definition) is 3. The Morgan fingerprint density at radius 1 is 0.731 bits per heavy atom. The highest BCUT2D eigenvalue weighted by Gasteiger charge is 2.06. The maximum absolute atomic E-state index is 10.5. The van der Waals surface area contributed by atoms with Crippen molar-refractivity contribution in [2.75, 3.05) is 6.61 Å². The Hall–Kier alpha value is -0.910. The average Bonchev–Trinajstić information content (AvgIpc) is 2.60. The summed E-state index contributed by atoms with van der Waals surface area (Å²) in [4.78, 5) is -0.0666. The SMILES string of the molecule is CCCCCCCCCCCCCCO.Cc1ccc(S(=O)(=O)O)cc1. The zero-order chi connectivity index (χ0) is 19.7. The second-order valence-electron chi connectivity index (χ2n) is 6.90. The van der Waals surface area contributed by atoms with E-state index >= 15 is 0 Å². The standard InChI is InChI=1S/C14H30O.C7H8O3S/c1-2-3-4-5-6-7-8-9-10-11-12-13-14-15;1-6-2-4-7(5-3-6)11(8,9)10/h15H,2-14H2,1H3;2-5H,1H3,(H,8,9,10). The van der Waals surface area contributed by atoms with E-state index in [1.807, 2.05) is 6.92 Å². The molecule has 0 unspecified atom stereocenters. The van der Waals surface area contributed by atoms with Crippen molar-refractivity contribution < 1.29 is 18.1 Å². The molecule has 0 aromatic heterocycles. The molecule has 0 amide bonds. The van der Waals surface area contributed by atoms with Gasteiger partial charge in [-0.25, -0.2) is 0 Å². The zero-order valence-corrected chi connectivity index (χ0v) is 17.4. The summed E-state index contributed by atoms with van der Waals surface area (Å²) in [6, 6.07) is 5.99.